The molecule has 0 saturated heterocycles. The first-order chi connectivity index (χ1) is 9.17. The van der Waals surface area contributed by atoms with Crippen LogP contribution in [0.4, 0.5) is 0 Å². The number of rotatable bonds is 2. The maximum absolute atomic E-state index is 10.9. The highest BCUT2D eigenvalue weighted by atomic mass is 32.1. The summed E-state index contributed by atoms with van der Waals surface area (Å²) in [6, 6.07) is 7.42. The molecule has 1 fully saturated rings. The lowest BCUT2D eigenvalue weighted by Gasteiger charge is -1.91. The zero-order valence-corrected chi connectivity index (χ0v) is 10.9. The van der Waals surface area contributed by atoms with Gasteiger partial charge in [-0.1, -0.05) is 17.9 Å². The number of fused-ring (bicyclic) bond motifs is 1. The van der Waals surface area contributed by atoms with Gasteiger partial charge >= 0.3 is 5.97 Å². The Kier molecular flexibility index (Phi) is 3.02. The Morgan fingerprint density at radius 2 is 2.26 bits per heavy atom. The van der Waals surface area contributed by atoms with E-state index >= 15 is 0 Å². The average molecular weight is 272 g/mol. The zero-order valence-electron chi connectivity index (χ0n) is 10.1. The molecule has 2 N–H and O–H groups in total. The molecule has 3 rings (SSSR count). The van der Waals surface area contributed by atoms with Crippen LogP contribution in [0.15, 0.2) is 24.3 Å². The molecule has 0 radical (unpaired) electrons. The minimum absolute atomic E-state index is 0.214. The molecule has 1 aromatic carbocycles. The number of aliphatic hydroxyl groups is 1. The smallest absolute Gasteiger partial charge is 0.345 e. The van der Waals surface area contributed by atoms with Crippen molar-refractivity contribution in [3.8, 4) is 11.8 Å². The summed E-state index contributed by atoms with van der Waals surface area (Å²) in [5, 5.41) is 18.8. The zero-order chi connectivity index (χ0) is 13.4. The van der Waals surface area contributed by atoms with E-state index in [2.05, 4.69) is 11.8 Å². The van der Waals surface area contributed by atoms with Gasteiger partial charge in [-0.2, -0.15) is 0 Å². The van der Waals surface area contributed by atoms with E-state index in [4.69, 9.17) is 10.2 Å². The lowest BCUT2D eigenvalue weighted by molar-refractivity contribution is 0.0702. The van der Waals surface area contributed by atoms with Crippen molar-refractivity contribution in [1.29, 1.82) is 0 Å². The minimum Gasteiger partial charge on any atom is -0.477 e. The van der Waals surface area contributed by atoms with Crippen molar-refractivity contribution in [2.45, 2.75) is 6.42 Å². The Morgan fingerprint density at radius 3 is 2.95 bits per heavy atom. The maximum Gasteiger partial charge on any atom is 0.345 e. The van der Waals surface area contributed by atoms with E-state index in [0.717, 1.165) is 22.1 Å². The number of thiophene rings is 1. The summed E-state index contributed by atoms with van der Waals surface area (Å²) in [6.45, 7) is 0.214. The van der Waals surface area contributed by atoms with Gasteiger partial charge in [0.15, 0.2) is 0 Å². The Morgan fingerprint density at radius 1 is 1.42 bits per heavy atom. The molecule has 19 heavy (non-hydrogen) atoms. The fourth-order valence-electron chi connectivity index (χ4n) is 2.02. The van der Waals surface area contributed by atoms with Gasteiger partial charge in [0.1, 0.15) is 4.88 Å². The van der Waals surface area contributed by atoms with E-state index in [1.807, 2.05) is 18.2 Å². The van der Waals surface area contributed by atoms with Crippen LogP contribution in [0.5, 0.6) is 0 Å². The monoisotopic (exact) mass is 272 g/mol. The average Bonchev–Trinajstić information content (AvgIpc) is 3.03. The lowest BCUT2D eigenvalue weighted by atomic mass is 10.1. The summed E-state index contributed by atoms with van der Waals surface area (Å²) in [4.78, 5) is 11.3. The molecule has 0 aliphatic heterocycles. The van der Waals surface area contributed by atoms with E-state index in [1.54, 1.807) is 6.07 Å². The fraction of sp³-hybridized carbons (Fsp3) is 0.267. The number of aromatic carboxylic acids is 1. The number of aliphatic hydroxyl groups excluding tert-OH is 1. The van der Waals surface area contributed by atoms with Crippen LogP contribution in [-0.2, 0) is 0 Å². The van der Waals surface area contributed by atoms with E-state index in [0.29, 0.717) is 16.7 Å². The molecule has 0 amide bonds. The van der Waals surface area contributed by atoms with Crippen molar-refractivity contribution in [3.63, 3.8) is 0 Å². The quantitative estimate of drug-likeness (QED) is 0.826. The van der Waals surface area contributed by atoms with Gasteiger partial charge in [-0.15, -0.1) is 11.3 Å². The third-order valence-electron chi connectivity index (χ3n) is 3.29. The first-order valence-corrected chi connectivity index (χ1v) is 6.88. The molecule has 0 bridgehead atoms. The lowest BCUT2D eigenvalue weighted by Crippen LogP contribution is -1.89. The largest absolute Gasteiger partial charge is 0.477 e. The summed E-state index contributed by atoms with van der Waals surface area (Å²) < 4.78 is 0.943. The molecule has 1 saturated carbocycles. The summed E-state index contributed by atoms with van der Waals surface area (Å²) in [5.41, 5.74) is 0.898. The number of benzene rings is 1. The predicted octanol–water partition coefficient (Wildman–Crippen LogP) is 2.58. The molecule has 1 aromatic heterocycles. The van der Waals surface area contributed by atoms with Crippen LogP contribution >= 0.6 is 11.3 Å². The second kappa shape index (κ2) is 4.69. The number of carboxylic acid groups (broad SMARTS) is 1. The van der Waals surface area contributed by atoms with Crippen molar-refractivity contribution in [2.75, 3.05) is 6.61 Å². The topological polar surface area (TPSA) is 57.5 Å². The highest BCUT2D eigenvalue weighted by Gasteiger charge is 2.34. The Bertz CT molecular complexity index is 705. The molecule has 0 unspecified atom stereocenters. The molecular formula is C15H12O3S. The van der Waals surface area contributed by atoms with Gasteiger partial charge in [-0.3, -0.25) is 0 Å². The van der Waals surface area contributed by atoms with Gasteiger partial charge in [0.05, 0.1) is 0 Å². The first-order valence-electron chi connectivity index (χ1n) is 6.06. The molecule has 1 aliphatic carbocycles. The normalized spacial score (nSPS) is 20.9. The highest BCUT2D eigenvalue weighted by Crippen LogP contribution is 2.37. The maximum atomic E-state index is 10.9. The Balaban J connectivity index is 1.87. The van der Waals surface area contributed by atoms with Crippen molar-refractivity contribution >= 4 is 27.4 Å². The van der Waals surface area contributed by atoms with Crippen molar-refractivity contribution in [2.24, 2.45) is 11.8 Å². The highest BCUT2D eigenvalue weighted by molar-refractivity contribution is 7.20. The number of hydrogen-bond donors (Lipinski definition) is 2. The summed E-state index contributed by atoms with van der Waals surface area (Å²) in [6.07, 6.45) is 0.980. The number of carbonyl (C=O) groups is 1. The molecule has 1 heterocycles. The molecule has 96 valence electrons. The van der Waals surface area contributed by atoms with E-state index in [-0.39, 0.29) is 6.61 Å². The summed E-state index contributed by atoms with van der Waals surface area (Å²) in [5.74, 6) is 6.02. The van der Waals surface area contributed by atoms with E-state index in [1.165, 1.54) is 11.3 Å². The molecule has 2 aromatic rings. The molecule has 4 heteroatoms. The Labute approximate surface area is 114 Å². The third kappa shape index (κ3) is 2.48. The molecule has 1 aliphatic rings. The fourth-order valence-corrected chi connectivity index (χ4v) is 2.96. The molecular weight excluding hydrogens is 260 g/mol. The van der Waals surface area contributed by atoms with Crippen molar-refractivity contribution < 1.29 is 15.0 Å². The van der Waals surface area contributed by atoms with Crippen LogP contribution in [0, 0.1) is 23.7 Å². The van der Waals surface area contributed by atoms with Crippen LogP contribution in [0.25, 0.3) is 10.1 Å². The standard InChI is InChI=1S/C15H12O3S/c16-8-12-6-10(12)3-1-9-2-4-11-7-14(15(17)18)19-13(11)5-9/h2,4-5,7,10,12,16H,6,8H2,(H,17,18)/t10-,12+/m0/s1. The first kappa shape index (κ1) is 12.2. The van der Waals surface area contributed by atoms with Crippen LogP contribution in [-0.4, -0.2) is 22.8 Å². The van der Waals surface area contributed by atoms with Gasteiger partial charge < -0.3 is 10.2 Å². The second-order valence-corrected chi connectivity index (χ2v) is 5.81. The van der Waals surface area contributed by atoms with Crippen molar-refractivity contribution in [1.82, 2.24) is 0 Å². The second-order valence-electron chi connectivity index (χ2n) is 4.72. The molecule has 2 atom stereocenters. The predicted molar refractivity (Wildman–Crippen MR) is 74.3 cm³/mol. The van der Waals surface area contributed by atoms with Crippen LogP contribution in [0.3, 0.4) is 0 Å². The number of hydrogen-bond acceptors (Lipinski definition) is 3. The van der Waals surface area contributed by atoms with E-state index < -0.39 is 5.97 Å². The van der Waals surface area contributed by atoms with Crippen molar-refractivity contribution in [3.05, 3.63) is 34.7 Å². The van der Waals surface area contributed by atoms with Crippen LogP contribution in [0.1, 0.15) is 21.7 Å². The Hall–Kier alpha value is -1.83. The summed E-state index contributed by atoms with van der Waals surface area (Å²) >= 11 is 1.27. The SMILES string of the molecule is O=C(O)c1cc2ccc(C#C[C@H]3C[C@@H]3CO)cc2s1. The van der Waals surface area contributed by atoms with Gasteiger partial charge in [0, 0.05) is 22.8 Å². The van der Waals surface area contributed by atoms with Gasteiger partial charge in [-0.25, -0.2) is 4.79 Å². The minimum atomic E-state index is -0.891. The van der Waals surface area contributed by atoms with Crippen LogP contribution < -0.4 is 0 Å². The molecule has 3 nitrogen and oxygen atoms in total. The number of carboxylic acids is 1. The summed E-state index contributed by atoms with van der Waals surface area (Å²) in [7, 11) is 0. The van der Waals surface area contributed by atoms with Gasteiger partial charge in [-0.05, 0) is 35.9 Å². The molecule has 0 spiro atoms. The third-order valence-corrected chi connectivity index (χ3v) is 4.38. The van der Waals surface area contributed by atoms with Gasteiger partial charge in [0.2, 0.25) is 0 Å². The van der Waals surface area contributed by atoms with Crippen LogP contribution in [0.2, 0.25) is 0 Å². The van der Waals surface area contributed by atoms with E-state index in [9.17, 15) is 4.79 Å². The van der Waals surface area contributed by atoms with Gasteiger partial charge in [0.25, 0.3) is 0 Å².